The summed E-state index contributed by atoms with van der Waals surface area (Å²) in [6.07, 6.45) is 3.21. The predicted molar refractivity (Wildman–Crippen MR) is 37.6 cm³/mol. The Morgan fingerprint density at radius 3 is 3.10 bits per heavy atom. The molecule has 4 heteroatoms. The minimum atomic E-state index is 0.574. The molecule has 3 nitrogen and oxygen atoms in total. The topological polar surface area (TPSA) is 42.4 Å². The van der Waals surface area contributed by atoms with Gasteiger partial charge in [0.2, 0.25) is 0 Å². The molecule has 1 aromatic rings. The highest BCUT2D eigenvalue weighted by molar-refractivity contribution is 6.17. The second-order valence-corrected chi connectivity index (χ2v) is 1.86. The third-order valence-corrected chi connectivity index (χ3v) is 1.17. The number of rotatable bonds is 2. The van der Waals surface area contributed by atoms with Gasteiger partial charge in [0.15, 0.2) is 0 Å². The van der Waals surface area contributed by atoms with Gasteiger partial charge < -0.3 is 9.68 Å². The van der Waals surface area contributed by atoms with Crippen LogP contribution in [-0.2, 0) is 0 Å². The first kappa shape index (κ1) is 7.09. The van der Waals surface area contributed by atoms with Gasteiger partial charge in [0.1, 0.15) is 5.75 Å². The molecule has 0 atom stereocenters. The van der Waals surface area contributed by atoms with E-state index in [0.717, 1.165) is 5.56 Å². The molecular weight excluding hydrogens is 129 g/mol. The standard InChI is InChI=1S/C6H7BNO2/c1-5-2-3-8-4-6(5)10-7-9/h2-4,9H,1H3. The van der Waals surface area contributed by atoms with E-state index in [9.17, 15) is 0 Å². The van der Waals surface area contributed by atoms with Crippen LogP contribution >= 0.6 is 0 Å². The first-order valence-corrected chi connectivity index (χ1v) is 2.88. The normalized spacial score (nSPS) is 9.00. The Labute approximate surface area is 60.0 Å². The predicted octanol–water partition coefficient (Wildman–Crippen LogP) is 0.295. The Morgan fingerprint density at radius 2 is 2.50 bits per heavy atom. The van der Waals surface area contributed by atoms with Crippen molar-refractivity contribution in [2.24, 2.45) is 0 Å². The van der Waals surface area contributed by atoms with Crippen LogP contribution in [0.1, 0.15) is 5.56 Å². The lowest BCUT2D eigenvalue weighted by atomic mass is 10.2. The van der Waals surface area contributed by atoms with Crippen LogP contribution in [0.5, 0.6) is 5.75 Å². The molecule has 0 unspecified atom stereocenters. The summed E-state index contributed by atoms with van der Waals surface area (Å²) in [6.45, 7) is 1.88. The van der Waals surface area contributed by atoms with Gasteiger partial charge in [0, 0.05) is 6.20 Å². The fourth-order valence-corrected chi connectivity index (χ4v) is 0.630. The van der Waals surface area contributed by atoms with Crippen molar-refractivity contribution in [1.29, 1.82) is 0 Å². The highest BCUT2D eigenvalue weighted by atomic mass is 16.5. The summed E-state index contributed by atoms with van der Waals surface area (Å²) in [4.78, 5) is 3.81. The van der Waals surface area contributed by atoms with Crippen molar-refractivity contribution in [1.82, 2.24) is 4.98 Å². The Kier molecular flexibility index (Phi) is 2.28. The maximum Gasteiger partial charge on any atom is 0.569 e. The average molecular weight is 136 g/mol. The van der Waals surface area contributed by atoms with Crippen LogP contribution in [0.4, 0.5) is 0 Å². The average Bonchev–Trinajstić information content (AvgIpc) is 1.94. The highest BCUT2D eigenvalue weighted by Gasteiger charge is 1.96. The maximum absolute atomic E-state index is 8.27. The lowest BCUT2D eigenvalue weighted by Gasteiger charge is -2.02. The van der Waals surface area contributed by atoms with E-state index in [2.05, 4.69) is 4.98 Å². The van der Waals surface area contributed by atoms with Gasteiger partial charge in [-0.1, -0.05) is 0 Å². The fourth-order valence-electron chi connectivity index (χ4n) is 0.630. The van der Waals surface area contributed by atoms with Crippen molar-refractivity contribution >= 4 is 7.69 Å². The Bertz CT molecular complexity index is 217. The molecule has 51 valence electrons. The van der Waals surface area contributed by atoms with E-state index in [4.69, 9.17) is 9.68 Å². The summed E-state index contributed by atoms with van der Waals surface area (Å²) in [6, 6.07) is 1.80. The monoisotopic (exact) mass is 136 g/mol. The zero-order valence-electron chi connectivity index (χ0n) is 5.61. The molecule has 1 radical (unpaired) electrons. The van der Waals surface area contributed by atoms with Gasteiger partial charge in [-0.15, -0.1) is 0 Å². The molecule has 1 rings (SSSR count). The molecule has 0 aliphatic heterocycles. The lowest BCUT2D eigenvalue weighted by Crippen LogP contribution is -2.01. The number of aromatic nitrogens is 1. The second kappa shape index (κ2) is 3.22. The van der Waals surface area contributed by atoms with Gasteiger partial charge in [0.05, 0.1) is 6.20 Å². The van der Waals surface area contributed by atoms with Gasteiger partial charge in [-0.2, -0.15) is 0 Å². The number of hydrogen-bond acceptors (Lipinski definition) is 3. The summed E-state index contributed by atoms with van der Waals surface area (Å²) in [5.41, 5.74) is 0.945. The van der Waals surface area contributed by atoms with Gasteiger partial charge >= 0.3 is 7.69 Å². The van der Waals surface area contributed by atoms with E-state index in [-0.39, 0.29) is 0 Å². The van der Waals surface area contributed by atoms with E-state index in [1.165, 1.54) is 0 Å². The van der Waals surface area contributed by atoms with Crippen LogP contribution in [0.2, 0.25) is 0 Å². The first-order chi connectivity index (χ1) is 4.84. The molecule has 1 heterocycles. The van der Waals surface area contributed by atoms with Gasteiger partial charge in [-0.05, 0) is 18.6 Å². The SMILES string of the molecule is Cc1ccncc1O[B]O. The molecule has 0 amide bonds. The Hall–Kier alpha value is -1.03. The molecular formula is C6H7BNO2. The number of nitrogens with zero attached hydrogens (tertiary/aromatic N) is 1. The molecule has 0 saturated heterocycles. The Morgan fingerprint density at radius 1 is 1.70 bits per heavy atom. The molecule has 0 aliphatic rings. The van der Waals surface area contributed by atoms with Gasteiger partial charge in [0.25, 0.3) is 0 Å². The van der Waals surface area contributed by atoms with Crippen LogP contribution in [0.25, 0.3) is 0 Å². The Balaban J connectivity index is 2.81. The molecule has 0 aliphatic carbocycles. The number of hydrogen-bond donors (Lipinski definition) is 1. The van der Waals surface area contributed by atoms with Crippen molar-refractivity contribution in [2.75, 3.05) is 0 Å². The van der Waals surface area contributed by atoms with Crippen LogP contribution in [0.3, 0.4) is 0 Å². The zero-order chi connectivity index (χ0) is 7.40. The minimum Gasteiger partial charge on any atom is -0.536 e. The molecule has 1 aromatic heterocycles. The van der Waals surface area contributed by atoms with Crippen LogP contribution in [-0.4, -0.2) is 17.7 Å². The lowest BCUT2D eigenvalue weighted by molar-refractivity contribution is 0.450. The summed E-state index contributed by atoms with van der Waals surface area (Å²) in [5.74, 6) is 0.574. The number of pyridine rings is 1. The molecule has 0 fully saturated rings. The van der Waals surface area contributed by atoms with Crippen molar-refractivity contribution in [2.45, 2.75) is 6.92 Å². The zero-order valence-corrected chi connectivity index (χ0v) is 5.61. The van der Waals surface area contributed by atoms with E-state index in [1.54, 1.807) is 18.5 Å². The largest absolute Gasteiger partial charge is 0.569 e. The van der Waals surface area contributed by atoms with E-state index in [1.807, 2.05) is 6.92 Å². The minimum absolute atomic E-state index is 0.574. The summed E-state index contributed by atoms with van der Waals surface area (Å²) in [7, 11) is 0.643. The van der Waals surface area contributed by atoms with Crippen LogP contribution in [0.15, 0.2) is 18.5 Å². The van der Waals surface area contributed by atoms with E-state index >= 15 is 0 Å². The summed E-state index contributed by atoms with van der Waals surface area (Å²) in [5, 5.41) is 8.27. The molecule has 0 aromatic carbocycles. The molecule has 1 N–H and O–H groups in total. The molecule has 0 bridgehead atoms. The maximum atomic E-state index is 8.27. The van der Waals surface area contributed by atoms with Crippen molar-refractivity contribution < 1.29 is 9.68 Å². The van der Waals surface area contributed by atoms with Crippen molar-refractivity contribution in [3.63, 3.8) is 0 Å². The van der Waals surface area contributed by atoms with Crippen LogP contribution < -0.4 is 4.65 Å². The molecule has 0 saturated carbocycles. The summed E-state index contributed by atoms with van der Waals surface area (Å²) >= 11 is 0. The van der Waals surface area contributed by atoms with Crippen LogP contribution in [0, 0.1) is 6.92 Å². The third kappa shape index (κ3) is 1.48. The number of aryl methyl sites for hydroxylation is 1. The second-order valence-electron chi connectivity index (χ2n) is 1.86. The molecule has 0 spiro atoms. The summed E-state index contributed by atoms with van der Waals surface area (Å²) < 4.78 is 4.70. The van der Waals surface area contributed by atoms with E-state index in [0.29, 0.717) is 13.4 Å². The highest BCUT2D eigenvalue weighted by Crippen LogP contribution is 2.12. The van der Waals surface area contributed by atoms with E-state index < -0.39 is 0 Å². The van der Waals surface area contributed by atoms with Gasteiger partial charge in [-0.25, -0.2) is 0 Å². The van der Waals surface area contributed by atoms with Crippen molar-refractivity contribution in [3.8, 4) is 5.75 Å². The third-order valence-electron chi connectivity index (χ3n) is 1.17. The smallest absolute Gasteiger partial charge is 0.536 e. The quantitative estimate of drug-likeness (QED) is 0.594. The van der Waals surface area contributed by atoms with Crippen molar-refractivity contribution in [3.05, 3.63) is 24.0 Å². The molecule has 10 heavy (non-hydrogen) atoms. The first-order valence-electron chi connectivity index (χ1n) is 2.88. The fraction of sp³-hybridized carbons (Fsp3) is 0.167. The van der Waals surface area contributed by atoms with Gasteiger partial charge in [-0.3, -0.25) is 4.98 Å².